The third kappa shape index (κ3) is 4.41. The summed E-state index contributed by atoms with van der Waals surface area (Å²) in [7, 11) is 2.12. The van der Waals surface area contributed by atoms with Gasteiger partial charge in [-0.15, -0.1) is 0 Å². The van der Waals surface area contributed by atoms with Crippen LogP contribution in [-0.2, 0) is 17.8 Å². The van der Waals surface area contributed by atoms with Crippen molar-refractivity contribution >= 4 is 22.9 Å². The van der Waals surface area contributed by atoms with E-state index in [9.17, 15) is 9.59 Å². The third-order valence-electron chi connectivity index (χ3n) is 7.65. The monoisotopic (exact) mass is 474 g/mol. The maximum Gasteiger partial charge on any atom is 0.355 e. The van der Waals surface area contributed by atoms with E-state index in [-0.39, 0.29) is 36.6 Å². The van der Waals surface area contributed by atoms with Gasteiger partial charge in [0.05, 0.1) is 0 Å². The summed E-state index contributed by atoms with van der Waals surface area (Å²) in [6, 6.07) is 16.4. The van der Waals surface area contributed by atoms with Gasteiger partial charge in [0, 0.05) is 48.5 Å². The second-order valence-corrected chi connectivity index (χ2v) is 9.68. The van der Waals surface area contributed by atoms with Crippen molar-refractivity contribution in [2.75, 3.05) is 26.7 Å². The number of urea groups is 1. The Hall–Kier alpha value is -3.32. The van der Waals surface area contributed by atoms with E-state index < -0.39 is 0 Å². The number of likely N-dealkylation sites (tertiary alicyclic amines) is 1. The summed E-state index contributed by atoms with van der Waals surface area (Å²) in [5.41, 5.74) is 4.80. The summed E-state index contributed by atoms with van der Waals surface area (Å²) in [6.07, 6.45) is 1.67. The Morgan fingerprint density at radius 2 is 1.89 bits per heavy atom. The number of rotatable bonds is 6. The Bertz CT molecular complexity index is 1220. The van der Waals surface area contributed by atoms with Gasteiger partial charge >= 0.3 is 12.0 Å². The van der Waals surface area contributed by atoms with Gasteiger partial charge in [0.2, 0.25) is 0 Å². The Kier molecular flexibility index (Phi) is 6.52. The highest BCUT2D eigenvalue weighted by molar-refractivity contribution is 6.00. The molecule has 2 aromatic carbocycles. The number of esters is 1. The highest BCUT2D eigenvalue weighted by Crippen LogP contribution is 2.44. The van der Waals surface area contributed by atoms with E-state index in [0.717, 1.165) is 41.4 Å². The first-order chi connectivity index (χ1) is 17.0. The number of aromatic nitrogens is 1. The molecule has 184 valence electrons. The molecule has 3 atom stereocenters. The van der Waals surface area contributed by atoms with Crippen LogP contribution in [0.1, 0.15) is 53.4 Å². The van der Waals surface area contributed by atoms with Gasteiger partial charge in [-0.2, -0.15) is 0 Å². The van der Waals surface area contributed by atoms with Crippen molar-refractivity contribution < 1.29 is 14.3 Å². The molecule has 1 aliphatic carbocycles. The Morgan fingerprint density at radius 3 is 2.63 bits per heavy atom. The van der Waals surface area contributed by atoms with Crippen LogP contribution in [0.5, 0.6) is 0 Å². The molecule has 35 heavy (non-hydrogen) atoms. The number of amides is 2. The van der Waals surface area contributed by atoms with Gasteiger partial charge in [-0.1, -0.05) is 42.5 Å². The van der Waals surface area contributed by atoms with Crippen molar-refractivity contribution in [3.05, 3.63) is 70.9 Å². The molecule has 1 aromatic heterocycles. The molecule has 2 aliphatic rings. The summed E-state index contributed by atoms with van der Waals surface area (Å²) < 4.78 is 5.68. The van der Waals surface area contributed by atoms with E-state index in [1.807, 2.05) is 55.1 Å². The number of aromatic amines is 1. The fraction of sp³-hybridized carbons (Fsp3) is 0.429. The molecule has 7 heteroatoms. The zero-order chi connectivity index (χ0) is 24.5. The number of carbonyl (C=O) groups excluding carboxylic acids is 2. The SMILES string of the molecule is CCN(CC)C(=O)N[C@H]1CC2c3cccc4[nH]c(C(=O)OCc5ccccc5)c(c34)C[C@H]2N(C)C1. The lowest BCUT2D eigenvalue weighted by Crippen LogP contribution is -2.56. The van der Waals surface area contributed by atoms with Gasteiger partial charge in [0.25, 0.3) is 0 Å². The minimum absolute atomic E-state index is 0.00616. The van der Waals surface area contributed by atoms with Crippen LogP contribution in [0.3, 0.4) is 0 Å². The van der Waals surface area contributed by atoms with E-state index in [1.165, 1.54) is 5.56 Å². The van der Waals surface area contributed by atoms with Crippen LogP contribution in [0.25, 0.3) is 10.9 Å². The summed E-state index contributed by atoms with van der Waals surface area (Å²) in [6.45, 7) is 6.45. The molecule has 1 aliphatic heterocycles. The van der Waals surface area contributed by atoms with E-state index >= 15 is 0 Å². The molecule has 1 fully saturated rings. The number of ether oxygens (including phenoxy) is 1. The second-order valence-electron chi connectivity index (χ2n) is 9.68. The average molecular weight is 475 g/mol. The fourth-order valence-electron chi connectivity index (χ4n) is 5.88. The largest absolute Gasteiger partial charge is 0.456 e. The second kappa shape index (κ2) is 9.74. The molecule has 1 unspecified atom stereocenters. The standard InChI is InChI=1S/C28H34N4O3/c1-4-32(5-2)28(34)29-19-14-21-20-12-9-13-23-25(20)22(15-24(21)31(3)16-19)26(30-23)27(33)35-17-18-10-7-6-8-11-18/h6-13,19,21,24,30H,4-5,14-17H2,1-3H3,(H,29,34)/t19-,21?,24+/m0/s1. The van der Waals surface area contributed by atoms with E-state index in [0.29, 0.717) is 18.8 Å². The van der Waals surface area contributed by atoms with Crippen molar-refractivity contribution in [3.63, 3.8) is 0 Å². The fourth-order valence-corrected chi connectivity index (χ4v) is 5.88. The molecule has 3 aromatic rings. The van der Waals surface area contributed by atoms with Crippen LogP contribution >= 0.6 is 0 Å². The van der Waals surface area contributed by atoms with Gasteiger partial charge in [0.15, 0.2) is 0 Å². The molecule has 2 amide bonds. The number of H-pyrrole nitrogens is 1. The quantitative estimate of drug-likeness (QED) is 0.523. The van der Waals surface area contributed by atoms with Crippen LogP contribution in [0, 0.1) is 0 Å². The van der Waals surface area contributed by atoms with Gasteiger partial charge < -0.3 is 24.8 Å². The summed E-state index contributed by atoms with van der Waals surface area (Å²) >= 11 is 0. The molecule has 0 saturated carbocycles. The summed E-state index contributed by atoms with van der Waals surface area (Å²) in [5, 5.41) is 4.40. The van der Waals surface area contributed by atoms with E-state index in [2.05, 4.69) is 34.4 Å². The van der Waals surface area contributed by atoms with E-state index in [1.54, 1.807) is 0 Å². The predicted molar refractivity (Wildman–Crippen MR) is 137 cm³/mol. The van der Waals surface area contributed by atoms with Crippen LogP contribution in [0.4, 0.5) is 4.79 Å². The maximum absolute atomic E-state index is 13.1. The molecule has 1 saturated heterocycles. The minimum atomic E-state index is -0.313. The molecule has 2 N–H and O–H groups in total. The number of carbonyl (C=O) groups is 2. The lowest BCUT2D eigenvalue weighted by molar-refractivity contribution is 0.0464. The Labute approximate surface area is 206 Å². The van der Waals surface area contributed by atoms with E-state index in [4.69, 9.17) is 4.74 Å². The zero-order valence-corrected chi connectivity index (χ0v) is 20.7. The Morgan fingerprint density at radius 1 is 1.11 bits per heavy atom. The Balaban J connectivity index is 1.41. The lowest BCUT2D eigenvalue weighted by Gasteiger charge is -2.46. The van der Waals surface area contributed by atoms with Crippen molar-refractivity contribution in [1.82, 2.24) is 20.1 Å². The summed E-state index contributed by atoms with van der Waals surface area (Å²) in [4.78, 5) is 33.4. The molecule has 0 bridgehead atoms. The van der Waals surface area contributed by atoms with Crippen LogP contribution < -0.4 is 5.32 Å². The molecule has 7 nitrogen and oxygen atoms in total. The van der Waals surface area contributed by atoms with Crippen molar-refractivity contribution in [3.8, 4) is 0 Å². The zero-order valence-electron chi connectivity index (χ0n) is 20.7. The molecule has 2 heterocycles. The van der Waals surface area contributed by atoms with Crippen LogP contribution in [-0.4, -0.2) is 65.5 Å². The first-order valence-corrected chi connectivity index (χ1v) is 12.6. The number of piperidine rings is 1. The highest BCUT2D eigenvalue weighted by atomic mass is 16.5. The number of hydrogen-bond acceptors (Lipinski definition) is 4. The summed E-state index contributed by atoms with van der Waals surface area (Å²) in [5.74, 6) is -0.0248. The smallest absolute Gasteiger partial charge is 0.355 e. The van der Waals surface area contributed by atoms with Gasteiger partial charge in [-0.3, -0.25) is 0 Å². The third-order valence-corrected chi connectivity index (χ3v) is 7.65. The number of nitrogens with zero attached hydrogens (tertiary/aromatic N) is 2. The molecular weight excluding hydrogens is 440 g/mol. The molecule has 0 spiro atoms. The number of fused-ring (bicyclic) bond motifs is 2. The van der Waals surface area contributed by atoms with Gasteiger partial charge in [0.1, 0.15) is 12.3 Å². The first kappa shape index (κ1) is 23.4. The molecule has 0 radical (unpaired) electrons. The highest BCUT2D eigenvalue weighted by Gasteiger charge is 2.41. The number of hydrogen-bond donors (Lipinski definition) is 2. The van der Waals surface area contributed by atoms with Crippen LogP contribution in [0.15, 0.2) is 48.5 Å². The van der Waals surface area contributed by atoms with Crippen molar-refractivity contribution in [2.45, 2.75) is 51.3 Å². The van der Waals surface area contributed by atoms with Crippen molar-refractivity contribution in [2.24, 2.45) is 0 Å². The van der Waals surface area contributed by atoms with Gasteiger partial charge in [-0.25, -0.2) is 9.59 Å². The number of benzene rings is 2. The lowest BCUT2D eigenvalue weighted by atomic mass is 9.73. The number of nitrogens with one attached hydrogen (secondary N) is 2. The van der Waals surface area contributed by atoms with Crippen LogP contribution in [0.2, 0.25) is 0 Å². The van der Waals surface area contributed by atoms with Gasteiger partial charge in [-0.05, 0) is 56.5 Å². The average Bonchev–Trinajstić information content (AvgIpc) is 3.24. The predicted octanol–water partition coefficient (Wildman–Crippen LogP) is 4.29. The molecular formula is C28H34N4O3. The van der Waals surface area contributed by atoms with Crippen molar-refractivity contribution in [1.29, 1.82) is 0 Å². The normalized spacial score (nSPS) is 21.4. The number of likely N-dealkylation sites (N-methyl/N-ethyl adjacent to an activating group) is 1. The molecule has 5 rings (SSSR count). The first-order valence-electron chi connectivity index (χ1n) is 12.6. The topological polar surface area (TPSA) is 77.7 Å². The maximum atomic E-state index is 13.1. The minimum Gasteiger partial charge on any atom is -0.456 e.